The highest BCUT2D eigenvalue weighted by atomic mass is 16.3. The fourth-order valence-corrected chi connectivity index (χ4v) is 7.55. The second-order valence-electron chi connectivity index (χ2n) is 12.9. The van der Waals surface area contributed by atoms with Crippen LogP contribution in [0.5, 0.6) is 0 Å². The van der Waals surface area contributed by atoms with E-state index in [0.717, 1.165) is 50.1 Å². The van der Waals surface area contributed by atoms with Gasteiger partial charge in [-0.25, -0.2) is 0 Å². The van der Waals surface area contributed by atoms with Crippen LogP contribution in [0, 0.1) is 0 Å². The molecule has 47 heavy (non-hydrogen) atoms. The van der Waals surface area contributed by atoms with Gasteiger partial charge in [0.25, 0.3) is 0 Å². The second-order valence-corrected chi connectivity index (χ2v) is 12.9. The van der Waals surface area contributed by atoms with Crippen molar-refractivity contribution in [1.82, 2.24) is 0 Å². The maximum absolute atomic E-state index is 6.55. The molecule has 8 aromatic rings. The SMILES string of the molecule is CC1(C)c2ccccc2-c2ccc(N(c3ccc(-c4ccccc4)cc3)c3ccccc3-c3cccc4c3oc3ccccc34)cc21. The van der Waals surface area contributed by atoms with Crippen LogP contribution in [0.4, 0.5) is 17.1 Å². The molecule has 0 atom stereocenters. The normalized spacial score (nSPS) is 13.1. The topological polar surface area (TPSA) is 16.4 Å². The van der Waals surface area contributed by atoms with E-state index in [9.17, 15) is 0 Å². The Hall–Kier alpha value is -5.86. The van der Waals surface area contributed by atoms with Crippen molar-refractivity contribution >= 4 is 39.0 Å². The van der Waals surface area contributed by atoms with E-state index in [4.69, 9.17) is 4.42 Å². The van der Waals surface area contributed by atoms with Crippen LogP contribution < -0.4 is 4.90 Å². The van der Waals surface area contributed by atoms with E-state index in [-0.39, 0.29) is 5.41 Å². The third-order valence-corrected chi connectivity index (χ3v) is 9.90. The quantitative estimate of drug-likeness (QED) is 0.195. The molecule has 1 aromatic heterocycles. The zero-order chi connectivity index (χ0) is 31.5. The average Bonchev–Trinajstić information content (AvgIpc) is 3.62. The van der Waals surface area contributed by atoms with Crippen LogP contribution in [0.2, 0.25) is 0 Å². The Morgan fingerprint density at radius 2 is 1.06 bits per heavy atom. The molecule has 0 saturated carbocycles. The van der Waals surface area contributed by atoms with Crippen LogP contribution in [-0.4, -0.2) is 0 Å². The number of anilines is 3. The van der Waals surface area contributed by atoms with Crippen LogP contribution >= 0.6 is 0 Å². The van der Waals surface area contributed by atoms with E-state index in [1.165, 1.54) is 33.4 Å². The third-order valence-electron chi connectivity index (χ3n) is 9.90. The number of furan rings is 1. The van der Waals surface area contributed by atoms with Gasteiger partial charge in [-0.2, -0.15) is 0 Å². The van der Waals surface area contributed by atoms with Gasteiger partial charge in [0.2, 0.25) is 0 Å². The standard InChI is InChI=1S/C45H33NO/c1-45(2)40-20-9-6-15-34(40)35-28-27-33(29-41(35)45)46(32-25-23-31(24-26-32)30-13-4-3-5-14-30)42-21-10-7-16-36(42)38-18-12-19-39-37-17-8-11-22-43(37)47-44(38)39/h3-29H,1-2H3. The molecule has 0 N–H and O–H groups in total. The summed E-state index contributed by atoms with van der Waals surface area (Å²) in [6.45, 7) is 4.69. The first-order chi connectivity index (χ1) is 23.1. The summed E-state index contributed by atoms with van der Waals surface area (Å²) >= 11 is 0. The maximum atomic E-state index is 6.55. The van der Waals surface area contributed by atoms with Crippen molar-refractivity contribution in [3.8, 4) is 33.4 Å². The van der Waals surface area contributed by atoms with Crippen molar-refractivity contribution in [2.24, 2.45) is 0 Å². The van der Waals surface area contributed by atoms with Gasteiger partial charge in [-0.1, -0.05) is 141 Å². The summed E-state index contributed by atoms with van der Waals surface area (Å²) in [4.78, 5) is 2.41. The Kier molecular flexibility index (Phi) is 6.20. The lowest BCUT2D eigenvalue weighted by Gasteiger charge is -2.30. The van der Waals surface area contributed by atoms with E-state index in [1.807, 2.05) is 6.07 Å². The van der Waals surface area contributed by atoms with Crippen molar-refractivity contribution in [2.75, 3.05) is 4.90 Å². The fourth-order valence-electron chi connectivity index (χ4n) is 7.55. The minimum Gasteiger partial charge on any atom is -0.455 e. The number of benzene rings is 7. The maximum Gasteiger partial charge on any atom is 0.143 e. The van der Waals surface area contributed by atoms with Crippen LogP contribution in [0.3, 0.4) is 0 Å². The molecular weight excluding hydrogens is 571 g/mol. The molecule has 0 amide bonds. The first-order valence-electron chi connectivity index (χ1n) is 16.3. The van der Waals surface area contributed by atoms with Gasteiger partial charge in [0.1, 0.15) is 11.2 Å². The summed E-state index contributed by atoms with van der Waals surface area (Å²) in [6.07, 6.45) is 0. The van der Waals surface area contributed by atoms with E-state index in [2.05, 4.69) is 176 Å². The minimum absolute atomic E-state index is 0.107. The molecule has 0 unspecified atom stereocenters. The number of fused-ring (bicyclic) bond motifs is 6. The van der Waals surface area contributed by atoms with Gasteiger partial charge in [0, 0.05) is 38.7 Å². The summed E-state index contributed by atoms with van der Waals surface area (Å²) < 4.78 is 6.55. The molecule has 0 bridgehead atoms. The van der Waals surface area contributed by atoms with E-state index in [1.54, 1.807) is 0 Å². The van der Waals surface area contributed by atoms with E-state index in [0.29, 0.717) is 0 Å². The summed E-state index contributed by atoms with van der Waals surface area (Å²) in [6, 6.07) is 58.8. The Morgan fingerprint density at radius 3 is 1.91 bits per heavy atom. The zero-order valence-electron chi connectivity index (χ0n) is 26.4. The molecule has 7 aromatic carbocycles. The van der Waals surface area contributed by atoms with Crippen LogP contribution in [0.1, 0.15) is 25.0 Å². The molecule has 2 heteroatoms. The molecule has 224 valence electrons. The van der Waals surface area contributed by atoms with Crippen LogP contribution in [0.25, 0.3) is 55.3 Å². The number of rotatable bonds is 5. The van der Waals surface area contributed by atoms with Crippen molar-refractivity contribution in [2.45, 2.75) is 19.3 Å². The van der Waals surface area contributed by atoms with Crippen molar-refractivity contribution in [1.29, 1.82) is 0 Å². The summed E-state index contributed by atoms with van der Waals surface area (Å²) in [7, 11) is 0. The van der Waals surface area contributed by atoms with E-state index < -0.39 is 0 Å². The fraction of sp³-hybridized carbons (Fsp3) is 0.0667. The van der Waals surface area contributed by atoms with Gasteiger partial charge in [0.05, 0.1) is 5.69 Å². The van der Waals surface area contributed by atoms with Crippen molar-refractivity contribution in [3.05, 3.63) is 175 Å². The smallest absolute Gasteiger partial charge is 0.143 e. The highest BCUT2D eigenvalue weighted by Gasteiger charge is 2.36. The summed E-state index contributed by atoms with van der Waals surface area (Å²) in [5.41, 5.74) is 15.0. The molecule has 9 rings (SSSR count). The first-order valence-corrected chi connectivity index (χ1v) is 16.3. The third kappa shape index (κ3) is 4.33. The lowest BCUT2D eigenvalue weighted by atomic mass is 9.82. The molecule has 0 radical (unpaired) electrons. The number of nitrogens with zero attached hydrogens (tertiary/aromatic N) is 1. The highest BCUT2D eigenvalue weighted by molar-refractivity contribution is 6.10. The largest absolute Gasteiger partial charge is 0.455 e. The molecule has 1 aliphatic rings. The molecule has 1 aliphatic carbocycles. The second kappa shape index (κ2) is 10.6. The summed E-state index contributed by atoms with van der Waals surface area (Å²) in [5.74, 6) is 0. The number of hydrogen-bond donors (Lipinski definition) is 0. The van der Waals surface area contributed by atoms with Gasteiger partial charge >= 0.3 is 0 Å². The minimum atomic E-state index is -0.107. The Morgan fingerprint density at radius 1 is 0.447 bits per heavy atom. The van der Waals surface area contributed by atoms with Gasteiger partial charge in [-0.3, -0.25) is 0 Å². The Labute approximate surface area is 275 Å². The van der Waals surface area contributed by atoms with Crippen molar-refractivity contribution < 1.29 is 4.42 Å². The van der Waals surface area contributed by atoms with Crippen LogP contribution in [0.15, 0.2) is 168 Å². The van der Waals surface area contributed by atoms with E-state index >= 15 is 0 Å². The molecule has 2 nitrogen and oxygen atoms in total. The Balaban J connectivity index is 1.26. The van der Waals surface area contributed by atoms with Gasteiger partial charge < -0.3 is 9.32 Å². The van der Waals surface area contributed by atoms with Gasteiger partial charge in [-0.05, 0) is 69.8 Å². The molecular formula is C45H33NO. The lowest BCUT2D eigenvalue weighted by Crippen LogP contribution is -2.16. The molecule has 1 heterocycles. The number of hydrogen-bond acceptors (Lipinski definition) is 2. The van der Waals surface area contributed by atoms with Gasteiger partial charge in [0.15, 0.2) is 0 Å². The predicted octanol–water partition coefficient (Wildman–Crippen LogP) is 12.7. The molecule has 0 saturated heterocycles. The average molecular weight is 604 g/mol. The molecule has 0 fully saturated rings. The Bertz CT molecular complexity index is 2430. The monoisotopic (exact) mass is 603 g/mol. The van der Waals surface area contributed by atoms with Gasteiger partial charge in [-0.15, -0.1) is 0 Å². The predicted molar refractivity (Wildman–Crippen MR) is 197 cm³/mol. The van der Waals surface area contributed by atoms with Crippen molar-refractivity contribution in [3.63, 3.8) is 0 Å². The highest BCUT2D eigenvalue weighted by Crippen LogP contribution is 2.51. The van der Waals surface area contributed by atoms with Crippen LogP contribution in [-0.2, 0) is 5.41 Å². The zero-order valence-corrected chi connectivity index (χ0v) is 26.4. The lowest BCUT2D eigenvalue weighted by molar-refractivity contribution is 0.660. The first kappa shape index (κ1) is 27.5. The molecule has 0 aliphatic heterocycles. The summed E-state index contributed by atoms with van der Waals surface area (Å²) in [5, 5.41) is 2.26. The molecule has 0 spiro atoms. The number of para-hydroxylation sites is 3.